The summed E-state index contributed by atoms with van der Waals surface area (Å²) in [4.78, 5) is 22.3. The van der Waals surface area contributed by atoms with Gasteiger partial charge in [-0.2, -0.15) is 0 Å². The molecule has 0 aromatic heterocycles. The zero-order valence-electron chi connectivity index (χ0n) is 9.98. The first-order valence-electron chi connectivity index (χ1n) is 5.62. The maximum atomic E-state index is 11.2. The molecule has 10 nitrogen and oxygen atoms in total. The van der Waals surface area contributed by atoms with Gasteiger partial charge >= 0.3 is 6.03 Å². The number of urea groups is 1. The van der Waals surface area contributed by atoms with E-state index in [4.69, 9.17) is 15.9 Å². The predicted octanol–water partition coefficient (Wildman–Crippen LogP) is -4.86. The molecular weight excluding hydrogens is 260 g/mol. The molecule has 0 bridgehead atoms. The molecular formula is C9H18N4O6. The number of hydrogen-bond donors (Lipinski definition) is 8. The molecule has 1 saturated heterocycles. The molecule has 0 aromatic rings. The maximum absolute atomic E-state index is 11.2. The van der Waals surface area contributed by atoms with E-state index in [1.54, 1.807) is 0 Å². The molecule has 1 aliphatic heterocycles. The van der Waals surface area contributed by atoms with Crippen LogP contribution in [0.4, 0.5) is 4.79 Å². The van der Waals surface area contributed by atoms with Crippen LogP contribution < -0.4 is 21.7 Å². The quantitative estimate of drug-likeness (QED) is 0.238. The minimum Gasteiger partial charge on any atom is -0.394 e. The summed E-state index contributed by atoms with van der Waals surface area (Å²) in [6.07, 6.45) is -5.37. The van der Waals surface area contributed by atoms with Gasteiger partial charge in [0.2, 0.25) is 5.91 Å². The molecule has 5 atom stereocenters. The third kappa shape index (κ3) is 4.09. The Hall–Kier alpha value is -1.30. The van der Waals surface area contributed by atoms with Gasteiger partial charge in [-0.1, -0.05) is 0 Å². The van der Waals surface area contributed by atoms with Crippen molar-refractivity contribution in [2.24, 2.45) is 5.73 Å². The lowest BCUT2D eigenvalue weighted by Gasteiger charge is -2.31. The van der Waals surface area contributed by atoms with E-state index in [0.717, 1.165) is 0 Å². The fourth-order valence-electron chi connectivity index (χ4n) is 1.52. The van der Waals surface area contributed by atoms with Crippen LogP contribution in [0.1, 0.15) is 0 Å². The van der Waals surface area contributed by atoms with Crippen molar-refractivity contribution in [3.63, 3.8) is 0 Å². The molecule has 19 heavy (non-hydrogen) atoms. The van der Waals surface area contributed by atoms with Crippen LogP contribution in [-0.4, -0.2) is 76.0 Å². The fourth-order valence-corrected chi connectivity index (χ4v) is 1.52. The number of aliphatic hydroxyl groups excluding tert-OH is 4. The van der Waals surface area contributed by atoms with Crippen LogP contribution in [0.3, 0.4) is 0 Å². The summed E-state index contributed by atoms with van der Waals surface area (Å²) < 4.78 is 0. The van der Waals surface area contributed by atoms with Gasteiger partial charge < -0.3 is 31.5 Å². The van der Waals surface area contributed by atoms with Gasteiger partial charge in [-0.3, -0.25) is 15.4 Å². The monoisotopic (exact) mass is 278 g/mol. The van der Waals surface area contributed by atoms with E-state index in [1.807, 2.05) is 5.32 Å². The molecule has 0 spiro atoms. The molecule has 0 saturated carbocycles. The molecule has 0 aromatic carbocycles. The Morgan fingerprint density at radius 1 is 1.26 bits per heavy atom. The summed E-state index contributed by atoms with van der Waals surface area (Å²) in [5.74, 6) is -0.674. The second kappa shape index (κ2) is 6.75. The van der Waals surface area contributed by atoms with Crippen molar-refractivity contribution in [1.29, 1.82) is 0 Å². The predicted molar refractivity (Wildman–Crippen MR) is 61.5 cm³/mol. The Labute approximate surface area is 108 Å². The van der Waals surface area contributed by atoms with Crippen LogP contribution >= 0.6 is 0 Å². The van der Waals surface area contributed by atoms with Crippen LogP contribution in [0.2, 0.25) is 0 Å². The number of nitrogens with one attached hydrogen (secondary N) is 3. The van der Waals surface area contributed by atoms with Gasteiger partial charge in [0, 0.05) is 6.54 Å². The number of hydrogen-bond acceptors (Lipinski definition) is 8. The molecule has 10 heteroatoms. The summed E-state index contributed by atoms with van der Waals surface area (Å²) in [5.41, 5.74) is 5.51. The van der Waals surface area contributed by atoms with E-state index in [1.165, 1.54) is 0 Å². The van der Waals surface area contributed by atoms with E-state index in [0.29, 0.717) is 0 Å². The Bertz CT molecular complexity index is 341. The van der Waals surface area contributed by atoms with Gasteiger partial charge in [0.05, 0.1) is 12.7 Å². The van der Waals surface area contributed by atoms with Crippen molar-refractivity contribution in [2.75, 3.05) is 13.2 Å². The number of carbonyl (C=O) groups excluding carboxylic acids is 2. The summed E-state index contributed by atoms with van der Waals surface area (Å²) in [6, 6.07) is -1.78. The molecule has 2 unspecified atom stereocenters. The molecule has 1 fully saturated rings. The van der Waals surface area contributed by atoms with Gasteiger partial charge in [-0.15, -0.1) is 0 Å². The second-order valence-electron chi connectivity index (χ2n) is 4.18. The highest BCUT2D eigenvalue weighted by Crippen LogP contribution is 2.00. The smallest absolute Gasteiger partial charge is 0.322 e. The van der Waals surface area contributed by atoms with Crippen molar-refractivity contribution in [1.82, 2.24) is 16.0 Å². The summed E-state index contributed by atoms with van der Waals surface area (Å²) >= 11 is 0. The fraction of sp³-hybridized carbons (Fsp3) is 0.778. The first-order chi connectivity index (χ1) is 8.86. The van der Waals surface area contributed by atoms with Crippen molar-refractivity contribution >= 4 is 11.9 Å². The third-order valence-corrected chi connectivity index (χ3v) is 2.71. The van der Waals surface area contributed by atoms with Gasteiger partial charge in [-0.25, -0.2) is 4.79 Å². The van der Waals surface area contributed by atoms with Crippen molar-refractivity contribution in [3.05, 3.63) is 0 Å². The number of aliphatic hydroxyl groups is 4. The first-order valence-corrected chi connectivity index (χ1v) is 5.62. The van der Waals surface area contributed by atoms with Crippen LogP contribution in [-0.2, 0) is 4.79 Å². The van der Waals surface area contributed by atoms with E-state index in [9.17, 15) is 19.8 Å². The number of rotatable bonds is 6. The van der Waals surface area contributed by atoms with Gasteiger partial charge in [0.15, 0.2) is 0 Å². The van der Waals surface area contributed by atoms with Crippen LogP contribution in [0.5, 0.6) is 0 Å². The Balaban J connectivity index is 2.47. The maximum Gasteiger partial charge on any atom is 0.322 e. The Kier molecular flexibility index (Phi) is 5.60. The summed E-state index contributed by atoms with van der Waals surface area (Å²) in [6.45, 7) is -0.954. The van der Waals surface area contributed by atoms with Crippen molar-refractivity contribution in [2.45, 2.75) is 30.5 Å². The number of imide groups is 1. The van der Waals surface area contributed by atoms with Gasteiger partial charge in [0.25, 0.3) is 0 Å². The zero-order chi connectivity index (χ0) is 14.6. The Morgan fingerprint density at radius 2 is 1.89 bits per heavy atom. The molecule has 110 valence electrons. The lowest BCUT2D eigenvalue weighted by atomic mass is 10.1. The molecule has 3 amide bonds. The lowest BCUT2D eigenvalue weighted by molar-refractivity contribution is -0.123. The first kappa shape index (κ1) is 15.8. The average molecular weight is 278 g/mol. The minimum atomic E-state index is -1.57. The summed E-state index contributed by atoms with van der Waals surface area (Å²) in [5, 5.41) is 43.5. The highest BCUT2D eigenvalue weighted by atomic mass is 16.4. The standard InChI is InChI=1S/C9H18N4O6/c10-5-7(12-9(19)13-8(5)18)11-1-3(15)6(17)4(16)2-14/h3-7,11,14-17H,1-2,10H2,(H2,12,13,18,19)/t3-,4+,5?,6-,7?/m0/s1. The van der Waals surface area contributed by atoms with E-state index < -0.39 is 49.1 Å². The normalized spacial score (nSPS) is 28.3. The molecule has 1 rings (SSSR count). The third-order valence-electron chi connectivity index (χ3n) is 2.71. The molecule has 1 heterocycles. The van der Waals surface area contributed by atoms with Crippen LogP contribution in [0.15, 0.2) is 0 Å². The number of carbonyl (C=O) groups is 2. The van der Waals surface area contributed by atoms with Crippen LogP contribution in [0.25, 0.3) is 0 Å². The zero-order valence-corrected chi connectivity index (χ0v) is 9.98. The molecule has 9 N–H and O–H groups in total. The number of nitrogens with two attached hydrogens (primary N) is 1. The van der Waals surface area contributed by atoms with Gasteiger partial charge in [0.1, 0.15) is 24.4 Å². The second-order valence-corrected chi connectivity index (χ2v) is 4.18. The SMILES string of the molecule is NC1C(=O)NC(=O)NC1NC[C@H](O)[C@H](O)[C@H](O)CO. The van der Waals surface area contributed by atoms with Gasteiger partial charge in [-0.05, 0) is 0 Å². The largest absolute Gasteiger partial charge is 0.394 e. The minimum absolute atomic E-state index is 0.246. The summed E-state index contributed by atoms with van der Waals surface area (Å²) in [7, 11) is 0. The van der Waals surface area contributed by atoms with E-state index >= 15 is 0 Å². The van der Waals surface area contributed by atoms with Crippen molar-refractivity contribution in [3.8, 4) is 0 Å². The Morgan fingerprint density at radius 3 is 2.47 bits per heavy atom. The molecule has 1 aliphatic rings. The lowest BCUT2D eigenvalue weighted by Crippen LogP contribution is -2.69. The highest BCUT2D eigenvalue weighted by molar-refractivity contribution is 6.00. The van der Waals surface area contributed by atoms with Crippen LogP contribution in [0, 0.1) is 0 Å². The molecule has 0 aliphatic carbocycles. The average Bonchev–Trinajstić information content (AvgIpc) is 2.38. The van der Waals surface area contributed by atoms with E-state index in [2.05, 4.69) is 10.6 Å². The topological polar surface area (TPSA) is 177 Å². The van der Waals surface area contributed by atoms with Crippen molar-refractivity contribution < 1.29 is 30.0 Å². The van der Waals surface area contributed by atoms with E-state index in [-0.39, 0.29) is 6.54 Å². The molecule has 0 radical (unpaired) electrons. The highest BCUT2D eigenvalue weighted by Gasteiger charge is 2.33. The number of amides is 3.